The van der Waals surface area contributed by atoms with E-state index in [0.717, 1.165) is 11.2 Å². The molecule has 1 atom stereocenters. The molecule has 4 nitrogen and oxygen atoms in total. The fourth-order valence-electron chi connectivity index (χ4n) is 1.73. The van der Waals surface area contributed by atoms with E-state index in [1.54, 1.807) is 0 Å². The lowest BCUT2D eigenvalue weighted by Gasteiger charge is -2.11. The Balaban J connectivity index is 2.24. The number of H-pyrrole nitrogens is 1. The molecule has 0 fully saturated rings. The number of para-hydroxylation sites is 1. The van der Waals surface area contributed by atoms with E-state index < -0.39 is 6.10 Å². The summed E-state index contributed by atoms with van der Waals surface area (Å²) < 4.78 is 0. The van der Waals surface area contributed by atoms with Gasteiger partial charge in [0.1, 0.15) is 0 Å². The zero-order chi connectivity index (χ0) is 11.5. The molecule has 0 aliphatic carbocycles. The molecule has 4 N–H and O–H groups in total. The van der Waals surface area contributed by atoms with Crippen LogP contribution in [0, 0.1) is 6.92 Å². The number of aromatic nitrogens is 1. The molecule has 0 aliphatic heterocycles. The van der Waals surface area contributed by atoms with Crippen LogP contribution in [0.4, 0.5) is 5.69 Å². The van der Waals surface area contributed by atoms with E-state index in [9.17, 15) is 5.11 Å². The molecule has 2 rings (SSSR count). The number of hydrogen-bond acceptors (Lipinski definition) is 3. The Kier molecular flexibility index (Phi) is 3.12. The molecule has 0 spiro atoms. The normalized spacial score (nSPS) is 12.9. The molecule has 86 valence electrons. The Bertz CT molecular complexity index is 479. The molecular weight excluding hydrogens is 204 g/mol. The lowest BCUT2D eigenvalue weighted by atomic mass is 10.1. The van der Waals surface area contributed by atoms with Gasteiger partial charge in [-0.2, -0.15) is 0 Å². The number of aromatic amines is 1. The fraction of sp³-hybridized carbons (Fsp3) is 0.333. The van der Waals surface area contributed by atoms with Crippen molar-refractivity contribution >= 4 is 16.6 Å². The maximum atomic E-state index is 9.27. The highest BCUT2D eigenvalue weighted by atomic mass is 16.3. The van der Waals surface area contributed by atoms with Gasteiger partial charge >= 0.3 is 0 Å². The van der Waals surface area contributed by atoms with Crippen LogP contribution in [-0.4, -0.2) is 34.5 Å². The summed E-state index contributed by atoms with van der Waals surface area (Å²) in [7, 11) is 0. The number of hydrogen-bond donors (Lipinski definition) is 4. The van der Waals surface area contributed by atoms with Crippen molar-refractivity contribution in [3.05, 3.63) is 30.0 Å². The Labute approximate surface area is 93.9 Å². The fourth-order valence-corrected chi connectivity index (χ4v) is 1.73. The van der Waals surface area contributed by atoms with Crippen molar-refractivity contribution in [2.45, 2.75) is 13.0 Å². The quantitative estimate of drug-likeness (QED) is 0.626. The van der Waals surface area contributed by atoms with Crippen LogP contribution in [0.2, 0.25) is 0 Å². The van der Waals surface area contributed by atoms with Crippen molar-refractivity contribution in [2.24, 2.45) is 0 Å². The number of nitrogens with one attached hydrogen (secondary N) is 2. The third-order valence-electron chi connectivity index (χ3n) is 2.66. The Morgan fingerprint density at radius 1 is 1.44 bits per heavy atom. The van der Waals surface area contributed by atoms with Crippen LogP contribution in [-0.2, 0) is 0 Å². The standard InChI is InChI=1S/C12H16N2O2/c1-8-5-14-12-10(8)3-2-4-11(12)13-6-9(16)7-15/h2-5,9,13-16H,6-7H2,1H3. The summed E-state index contributed by atoms with van der Waals surface area (Å²) in [6.45, 7) is 2.16. The maximum absolute atomic E-state index is 9.27. The first kappa shape index (κ1) is 11.0. The van der Waals surface area contributed by atoms with E-state index in [1.807, 2.05) is 25.3 Å². The topological polar surface area (TPSA) is 68.3 Å². The minimum Gasteiger partial charge on any atom is -0.394 e. The predicted molar refractivity (Wildman–Crippen MR) is 64.6 cm³/mol. The van der Waals surface area contributed by atoms with Gasteiger partial charge in [-0.15, -0.1) is 0 Å². The van der Waals surface area contributed by atoms with Crippen molar-refractivity contribution < 1.29 is 10.2 Å². The van der Waals surface area contributed by atoms with Crippen LogP contribution in [0.15, 0.2) is 24.4 Å². The zero-order valence-corrected chi connectivity index (χ0v) is 9.20. The Morgan fingerprint density at radius 3 is 3.00 bits per heavy atom. The van der Waals surface area contributed by atoms with Gasteiger partial charge in [0.15, 0.2) is 0 Å². The van der Waals surface area contributed by atoms with Crippen LogP contribution < -0.4 is 5.32 Å². The number of aliphatic hydroxyl groups is 2. The number of rotatable bonds is 4. The highest BCUT2D eigenvalue weighted by Crippen LogP contribution is 2.24. The second kappa shape index (κ2) is 4.55. The van der Waals surface area contributed by atoms with Crippen molar-refractivity contribution in [2.75, 3.05) is 18.5 Å². The van der Waals surface area contributed by atoms with E-state index in [2.05, 4.69) is 16.4 Å². The summed E-state index contributed by atoms with van der Waals surface area (Å²) in [5.41, 5.74) is 3.17. The SMILES string of the molecule is Cc1c[nH]c2c(NCC(O)CO)cccc12. The van der Waals surface area contributed by atoms with Crippen molar-refractivity contribution in [3.8, 4) is 0 Å². The van der Waals surface area contributed by atoms with Gasteiger partial charge in [-0.1, -0.05) is 12.1 Å². The molecule has 16 heavy (non-hydrogen) atoms. The summed E-state index contributed by atoms with van der Waals surface area (Å²) in [5.74, 6) is 0. The van der Waals surface area contributed by atoms with Gasteiger partial charge in [0.05, 0.1) is 23.9 Å². The highest BCUT2D eigenvalue weighted by Gasteiger charge is 2.06. The van der Waals surface area contributed by atoms with E-state index in [1.165, 1.54) is 10.9 Å². The van der Waals surface area contributed by atoms with Gasteiger partial charge in [0.25, 0.3) is 0 Å². The van der Waals surface area contributed by atoms with E-state index >= 15 is 0 Å². The molecule has 1 aromatic carbocycles. The summed E-state index contributed by atoms with van der Waals surface area (Å²) in [4.78, 5) is 3.19. The van der Waals surface area contributed by atoms with E-state index in [-0.39, 0.29) is 6.61 Å². The number of aryl methyl sites for hydroxylation is 1. The molecule has 1 unspecified atom stereocenters. The molecule has 0 saturated carbocycles. The molecular formula is C12H16N2O2. The third-order valence-corrected chi connectivity index (χ3v) is 2.66. The average molecular weight is 220 g/mol. The molecule has 0 aliphatic rings. The summed E-state index contributed by atoms with van der Waals surface area (Å²) in [6, 6.07) is 5.97. The van der Waals surface area contributed by atoms with Gasteiger partial charge in [0.2, 0.25) is 0 Å². The van der Waals surface area contributed by atoms with Crippen LogP contribution in [0.25, 0.3) is 10.9 Å². The van der Waals surface area contributed by atoms with Gasteiger partial charge in [0, 0.05) is 18.1 Å². The Hall–Kier alpha value is -1.52. The van der Waals surface area contributed by atoms with Crippen LogP contribution >= 0.6 is 0 Å². The third kappa shape index (κ3) is 2.03. The van der Waals surface area contributed by atoms with Crippen molar-refractivity contribution in [3.63, 3.8) is 0 Å². The first-order valence-electron chi connectivity index (χ1n) is 5.32. The van der Waals surface area contributed by atoms with Crippen molar-refractivity contribution in [1.29, 1.82) is 0 Å². The molecule has 0 amide bonds. The minimum absolute atomic E-state index is 0.229. The predicted octanol–water partition coefficient (Wildman–Crippen LogP) is 1.24. The summed E-state index contributed by atoms with van der Waals surface area (Å²) in [6.07, 6.45) is 1.23. The lowest BCUT2D eigenvalue weighted by molar-refractivity contribution is 0.105. The van der Waals surface area contributed by atoms with Gasteiger partial charge in [-0.25, -0.2) is 0 Å². The minimum atomic E-state index is -0.730. The van der Waals surface area contributed by atoms with Gasteiger partial charge < -0.3 is 20.5 Å². The number of anilines is 1. The smallest absolute Gasteiger partial charge is 0.0942 e. The Morgan fingerprint density at radius 2 is 2.25 bits per heavy atom. The number of aliphatic hydroxyl groups excluding tert-OH is 2. The first-order chi connectivity index (χ1) is 7.72. The molecule has 1 aromatic heterocycles. The molecule has 0 saturated heterocycles. The second-order valence-corrected chi connectivity index (χ2v) is 3.92. The second-order valence-electron chi connectivity index (χ2n) is 3.92. The van der Waals surface area contributed by atoms with E-state index in [0.29, 0.717) is 6.54 Å². The molecule has 1 heterocycles. The van der Waals surface area contributed by atoms with E-state index in [4.69, 9.17) is 5.11 Å². The highest BCUT2D eigenvalue weighted by molar-refractivity contribution is 5.93. The molecule has 0 bridgehead atoms. The van der Waals surface area contributed by atoms with Gasteiger partial charge in [-0.3, -0.25) is 0 Å². The number of fused-ring (bicyclic) bond motifs is 1. The van der Waals surface area contributed by atoms with Gasteiger partial charge in [-0.05, 0) is 18.6 Å². The molecule has 0 radical (unpaired) electrons. The average Bonchev–Trinajstić information content (AvgIpc) is 2.69. The van der Waals surface area contributed by atoms with Crippen LogP contribution in [0.5, 0.6) is 0 Å². The first-order valence-corrected chi connectivity index (χ1v) is 5.32. The largest absolute Gasteiger partial charge is 0.394 e. The molecule has 2 aromatic rings. The lowest BCUT2D eigenvalue weighted by Crippen LogP contribution is -2.22. The maximum Gasteiger partial charge on any atom is 0.0942 e. The monoisotopic (exact) mass is 220 g/mol. The zero-order valence-electron chi connectivity index (χ0n) is 9.20. The van der Waals surface area contributed by atoms with Crippen molar-refractivity contribution in [1.82, 2.24) is 4.98 Å². The number of benzene rings is 1. The van der Waals surface area contributed by atoms with Crippen LogP contribution in [0.1, 0.15) is 5.56 Å². The summed E-state index contributed by atoms with van der Waals surface area (Å²) in [5, 5.41) is 22.3. The van der Waals surface area contributed by atoms with Crippen LogP contribution in [0.3, 0.4) is 0 Å². The summed E-state index contributed by atoms with van der Waals surface area (Å²) >= 11 is 0. The molecule has 4 heteroatoms.